The van der Waals surface area contributed by atoms with Gasteiger partial charge in [0.25, 0.3) is 15.9 Å². The maximum Gasteiger partial charge on any atom is 0.264 e. The summed E-state index contributed by atoms with van der Waals surface area (Å²) in [5.41, 5.74) is 3.48. The average Bonchev–Trinajstić information content (AvgIpc) is 2.74. The number of aryl methyl sites for hydroxylation is 2. The number of carbonyl (C=O) groups excluding carboxylic acids is 1. The first-order valence-corrected chi connectivity index (χ1v) is 10.8. The predicted octanol–water partition coefficient (Wildman–Crippen LogP) is 4.39. The number of phenolic OH excluding ortho intramolecular Hbond substituents is 1. The summed E-state index contributed by atoms with van der Waals surface area (Å²) >= 11 is 0. The standard InChI is InChI=1S/C23H24N2O4S/c1-15-8-11-19(12-9-15)25(4)30(28,29)20-7-5-6-18(14-20)23(27)24-21-13-10-16(2)22(26)17(21)3/h5-14,26H,1-4H3,(H,24,27). The first-order valence-electron chi connectivity index (χ1n) is 9.37. The lowest BCUT2D eigenvalue weighted by Crippen LogP contribution is -2.26. The lowest BCUT2D eigenvalue weighted by molar-refractivity contribution is 0.102. The summed E-state index contributed by atoms with van der Waals surface area (Å²) in [5, 5.41) is 12.8. The number of nitrogens with one attached hydrogen (secondary N) is 1. The molecule has 0 unspecified atom stereocenters. The van der Waals surface area contributed by atoms with Crippen LogP contribution in [0.5, 0.6) is 5.75 Å². The molecule has 3 aromatic carbocycles. The largest absolute Gasteiger partial charge is 0.507 e. The molecule has 6 nitrogen and oxygen atoms in total. The van der Waals surface area contributed by atoms with Crippen LogP contribution < -0.4 is 9.62 Å². The molecule has 1 amide bonds. The van der Waals surface area contributed by atoms with Crippen molar-refractivity contribution in [3.8, 4) is 5.75 Å². The molecule has 2 N–H and O–H groups in total. The third-order valence-electron chi connectivity index (χ3n) is 5.03. The van der Waals surface area contributed by atoms with Gasteiger partial charge in [-0.25, -0.2) is 8.42 Å². The third-order valence-corrected chi connectivity index (χ3v) is 6.81. The number of hydrogen-bond acceptors (Lipinski definition) is 4. The van der Waals surface area contributed by atoms with Crippen LogP contribution in [0.4, 0.5) is 11.4 Å². The van der Waals surface area contributed by atoms with Crippen molar-refractivity contribution in [2.24, 2.45) is 0 Å². The number of rotatable bonds is 5. The van der Waals surface area contributed by atoms with E-state index in [9.17, 15) is 18.3 Å². The Morgan fingerprint density at radius 1 is 0.967 bits per heavy atom. The van der Waals surface area contributed by atoms with Crippen molar-refractivity contribution in [3.05, 3.63) is 82.9 Å². The van der Waals surface area contributed by atoms with Gasteiger partial charge in [-0.3, -0.25) is 9.10 Å². The molecule has 3 aromatic rings. The summed E-state index contributed by atoms with van der Waals surface area (Å²) in [6.07, 6.45) is 0. The first-order chi connectivity index (χ1) is 14.1. The molecule has 0 saturated heterocycles. The Morgan fingerprint density at radius 3 is 2.30 bits per heavy atom. The number of amides is 1. The zero-order valence-corrected chi connectivity index (χ0v) is 18.1. The highest BCUT2D eigenvalue weighted by molar-refractivity contribution is 7.92. The van der Waals surface area contributed by atoms with E-state index >= 15 is 0 Å². The number of aromatic hydroxyl groups is 1. The minimum absolute atomic E-state index is 0.0155. The van der Waals surface area contributed by atoms with Crippen molar-refractivity contribution < 1.29 is 18.3 Å². The monoisotopic (exact) mass is 424 g/mol. The van der Waals surface area contributed by atoms with Crippen LogP contribution in [0.2, 0.25) is 0 Å². The summed E-state index contributed by atoms with van der Waals surface area (Å²) in [4.78, 5) is 12.7. The van der Waals surface area contributed by atoms with E-state index in [0.717, 1.165) is 5.56 Å². The minimum Gasteiger partial charge on any atom is -0.507 e. The van der Waals surface area contributed by atoms with Gasteiger partial charge in [-0.1, -0.05) is 29.8 Å². The Hall–Kier alpha value is -3.32. The van der Waals surface area contributed by atoms with Gasteiger partial charge in [0, 0.05) is 23.9 Å². The van der Waals surface area contributed by atoms with Crippen molar-refractivity contribution in [1.82, 2.24) is 0 Å². The molecule has 0 heterocycles. The average molecular weight is 425 g/mol. The molecule has 0 saturated carbocycles. The van der Waals surface area contributed by atoms with Crippen LogP contribution in [0.1, 0.15) is 27.0 Å². The van der Waals surface area contributed by atoms with Crippen molar-refractivity contribution in [2.45, 2.75) is 25.7 Å². The SMILES string of the molecule is Cc1ccc(N(C)S(=O)(=O)c2cccc(C(=O)Nc3ccc(C)c(O)c3C)c2)cc1. The Balaban J connectivity index is 1.89. The number of anilines is 2. The van der Waals surface area contributed by atoms with E-state index in [1.54, 1.807) is 44.2 Å². The number of carbonyl (C=O) groups is 1. The molecule has 0 aliphatic carbocycles. The molecule has 7 heteroatoms. The highest BCUT2D eigenvalue weighted by Crippen LogP contribution is 2.29. The molecule has 3 rings (SSSR count). The second-order valence-electron chi connectivity index (χ2n) is 7.19. The van der Waals surface area contributed by atoms with E-state index in [-0.39, 0.29) is 16.2 Å². The third kappa shape index (κ3) is 4.16. The Kier molecular flexibility index (Phi) is 5.85. The van der Waals surface area contributed by atoms with Crippen LogP contribution in [-0.2, 0) is 10.0 Å². The molecule has 0 aromatic heterocycles. The van der Waals surface area contributed by atoms with Crippen molar-refractivity contribution >= 4 is 27.3 Å². The number of hydrogen-bond donors (Lipinski definition) is 2. The Labute approximate surface area is 176 Å². The van der Waals surface area contributed by atoms with E-state index in [4.69, 9.17) is 0 Å². The molecule has 0 fully saturated rings. The van der Waals surface area contributed by atoms with Gasteiger partial charge in [0.2, 0.25) is 0 Å². The zero-order chi connectivity index (χ0) is 22.1. The molecule has 0 aliphatic heterocycles. The quantitative estimate of drug-likeness (QED) is 0.636. The number of sulfonamides is 1. The van der Waals surface area contributed by atoms with Crippen molar-refractivity contribution in [3.63, 3.8) is 0 Å². The molecule has 156 valence electrons. The van der Waals surface area contributed by atoms with Gasteiger partial charge >= 0.3 is 0 Å². The van der Waals surface area contributed by atoms with Gasteiger partial charge < -0.3 is 10.4 Å². The normalized spacial score (nSPS) is 11.2. The van der Waals surface area contributed by atoms with Crippen LogP contribution >= 0.6 is 0 Å². The number of benzene rings is 3. The fourth-order valence-electron chi connectivity index (χ4n) is 3.01. The van der Waals surface area contributed by atoms with Gasteiger partial charge in [0.15, 0.2) is 0 Å². The van der Waals surface area contributed by atoms with Crippen LogP contribution in [0.15, 0.2) is 65.6 Å². The summed E-state index contributed by atoms with van der Waals surface area (Å²) < 4.78 is 27.3. The van der Waals surface area contributed by atoms with Gasteiger partial charge in [0.05, 0.1) is 10.6 Å². The Bertz CT molecular complexity index is 1200. The zero-order valence-electron chi connectivity index (χ0n) is 17.3. The van der Waals surface area contributed by atoms with Gasteiger partial charge in [-0.2, -0.15) is 0 Å². The lowest BCUT2D eigenvalue weighted by Gasteiger charge is -2.20. The van der Waals surface area contributed by atoms with Crippen LogP contribution in [0, 0.1) is 20.8 Å². The highest BCUT2D eigenvalue weighted by Gasteiger charge is 2.22. The second-order valence-corrected chi connectivity index (χ2v) is 9.16. The van der Waals surface area contributed by atoms with Gasteiger partial charge in [-0.15, -0.1) is 0 Å². The number of phenols is 1. The number of nitrogens with zero attached hydrogens (tertiary/aromatic N) is 1. The molecule has 0 spiro atoms. The maximum absolute atomic E-state index is 13.0. The molecule has 30 heavy (non-hydrogen) atoms. The predicted molar refractivity (Wildman–Crippen MR) is 119 cm³/mol. The summed E-state index contributed by atoms with van der Waals surface area (Å²) in [6, 6.07) is 16.4. The molecule has 0 bridgehead atoms. The summed E-state index contributed by atoms with van der Waals surface area (Å²) in [6.45, 7) is 5.40. The molecular weight excluding hydrogens is 400 g/mol. The van der Waals surface area contributed by atoms with Crippen molar-refractivity contribution in [1.29, 1.82) is 0 Å². The van der Waals surface area contributed by atoms with Crippen LogP contribution in [0.3, 0.4) is 0 Å². The van der Waals surface area contributed by atoms with Crippen LogP contribution in [0.25, 0.3) is 0 Å². The topological polar surface area (TPSA) is 86.7 Å². The summed E-state index contributed by atoms with van der Waals surface area (Å²) in [7, 11) is -2.36. The van der Waals surface area contributed by atoms with Crippen LogP contribution in [-0.4, -0.2) is 26.5 Å². The van der Waals surface area contributed by atoms with Crippen molar-refractivity contribution in [2.75, 3.05) is 16.7 Å². The summed E-state index contributed by atoms with van der Waals surface area (Å²) in [5.74, 6) is -0.347. The Morgan fingerprint density at radius 2 is 1.63 bits per heavy atom. The minimum atomic E-state index is -3.84. The smallest absolute Gasteiger partial charge is 0.264 e. The lowest BCUT2D eigenvalue weighted by atomic mass is 10.1. The highest BCUT2D eigenvalue weighted by atomic mass is 32.2. The molecule has 0 atom stereocenters. The maximum atomic E-state index is 13.0. The van der Waals surface area contributed by atoms with E-state index in [1.807, 2.05) is 19.1 Å². The second kappa shape index (κ2) is 8.20. The van der Waals surface area contributed by atoms with Gasteiger partial charge in [0.1, 0.15) is 5.75 Å². The van der Waals surface area contributed by atoms with E-state index in [2.05, 4.69) is 5.32 Å². The fourth-order valence-corrected chi connectivity index (χ4v) is 4.26. The molecular formula is C23H24N2O4S. The fraction of sp³-hybridized carbons (Fsp3) is 0.174. The molecule has 0 radical (unpaired) electrons. The van der Waals surface area contributed by atoms with E-state index in [1.165, 1.54) is 29.6 Å². The van der Waals surface area contributed by atoms with Gasteiger partial charge in [-0.05, 0) is 62.7 Å². The van der Waals surface area contributed by atoms with E-state index in [0.29, 0.717) is 22.5 Å². The van der Waals surface area contributed by atoms with E-state index < -0.39 is 15.9 Å². The first kappa shape index (κ1) is 21.4. The molecule has 0 aliphatic rings.